The molecule has 0 rings (SSSR count). The highest BCUT2D eigenvalue weighted by Crippen LogP contribution is 2.21. The average molecular weight is 364 g/mol. The molecule has 2 unspecified atom stereocenters. The molecule has 0 saturated carbocycles. The number of rotatable bonds is 12. The fourth-order valence-electron chi connectivity index (χ4n) is 1.45. The lowest BCUT2D eigenvalue weighted by atomic mass is 10.1. The smallest absolute Gasteiger partial charge is 0.308 e. The molecule has 0 aromatic carbocycles. The van der Waals surface area contributed by atoms with Crippen LogP contribution in [0.5, 0.6) is 0 Å². The van der Waals surface area contributed by atoms with Gasteiger partial charge in [0.15, 0.2) is 0 Å². The van der Waals surface area contributed by atoms with Crippen LogP contribution in [0.15, 0.2) is 0 Å². The van der Waals surface area contributed by atoms with Crippen LogP contribution in [0.1, 0.15) is 33.6 Å². The maximum Gasteiger partial charge on any atom is 0.308 e. The third-order valence-corrected chi connectivity index (χ3v) is 5.17. The van der Waals surface area contributed by atoms with Crippen molar-refractivity contribution in [2.24, 2.45) is 11.7 Å². The number of ketones is 1. The van der Waals surface area contributed by atoms with Gasteiger partial charge in [0, 0.05) is 12.2 Å². The molecule has 2 atom stereocenters. The zero-order chi connectivity index (χ0) is 17.8. The molecule has 2 amide bonds. The highest BCUT2D eigenvalue weighted by atomic mass is 33.1. The Kier molecular flexibility index (Phi) is 11.6. The minimum atomic E-state index is -0.801. The van der Waals surface area contributed by atoms with E-state index in [0.717, 1.165) is 0 Å². The van der Waals surface area contributed by atoms with Crippen molar-refractivity contribution in [3.63, 3.8) is 0 Å². The normalized spacial score (nSPS) is 13.0. The topological polar surface area (TPSA) is 116 Å². The van der Waals surface area contributed by atoms with Crippen LogP contribution in [-0.4, -0.2) is 47.7 Å². The Balaban J connectivity index is 4.17. The number of carbonyl (C=O) groups is 4. The molecule has 0 bridgehead atoms. The summed E-state index contributed by atoms with van der Waals surface area (Å²) in [7, 11) is 2.61. The Morgan fingerprint density at radius 3 is 2.39 bits per heavy atom. The van der Waals surface area contributed by atoms with Gasteiger partial charge in [-0.25, -0.2) is 0 Å². The van der Waals surface area contributed by atoms with Crippen LogP contribution in [-0.2, 0) is 23.9 Å². The van der Waals surface area contributed by atoms with Crippen molar-refractivity contribution in [2.45, 2.75) is 39.7 Å². The SMILES string of the molecule is CCOC(=O)C(C)CCC(=O)NC(CSSCC(C)=O)C(N)=O. The number of ether oxygens (including phenoxy) is 1. The van der Waals surface area contributed by atoms with E-state index in [2.05, 4.69) is 5.32 Å². The van der Waals surface area contributed by atoms with Crippen molar-refractivity contribution in [1.82, 2.24) is 5.32 Å². The quantitative estimate of drug-likeness (QED) is 0.300. The Bertz CT molecular complexity index is 431. The average Bonchev–Trinajstić information content (AvgIpc) is 2.47. The van der Waals surface area contributed by atoms with Crippen LogP contribution < -0.4 is 11.1 Å². The number of carbonyl (C=O) groups excluding carboxylic acids is 4. The van der Waals surface area contributed by atoms with Crippen LogP contribution in [0.4, 0.5) is 0 Å². The minimum Gasteiger partial charge on any atom is -0.466 e. The van der Waals surface area contributed by atoms with Crippen molar-refractivity contribution in [2.75, 3.05) is 18.1 Å². The number of hydrogen-bond donors (Lipinski definition) is 2. The maximum absolute atomic E-state index is 11.8. The fourth-order valence-corrected chi connectivity index (χ4v) is 3.63. The Labute approximate surface area is 144 Å². The molecule has 0 heterocycles. The molecular weight excluding hydrogens is 340 g/mol. The second-order valence-corrected chi connectivity index (χ2v) is 7.47. The van der Waals surface area contributed by atoms with Crippen molar-refractivity contribution in [3.8, 4) is 0 Å². The summed E-state index contributed by atoms with van der Waals surface area (Å²) in [6, 6.07) is -0.801. The van der Waals surface area contributed by atoms with E-state index in [1.807, 2.05) is 0 Å². The fraction of sp³-hybridized carbons (Fsp3) is 0.714. The molecule has 7 nitrogen and oxygen atoms in total. The molecule has 0 aliphatic heterocycles. The van der Waals surface area contributed by atoms with Gasteiger partial charge in [-0.05, 0) is 20.3 Å². The molecule has 9 heteroatoms. The summed E-state index contributed by atoms with van der Waals surface area (Å²) >= 11 is 0. The standard InChI is InChI=1S/C14H24N2O5S2/c1-4-21-14(20)9(2)5-6-12(18)16-11(13(15)19)8-23-22-7-10(3)17/h9,11H,4-8H2,1-3H3,(H2,15,19)(H,16,18). The van der Waals surface area contributed by atoms with Crippen LogP contribution in [0.2, 0.25) is 0 Å². The van der Waals surface area contributed by atoms with E-state index in [-0.39, 0.29) is 35.8 Å². The number of Topliss-reactive ketones (excluding diaryl/α,β-unsaturated/α-hetero) is 1. The van der Waals surface area contributed by atoms with Gasteiger partial charge in [0.2, 0.25) is 11.8 Å². The molecule has 0 radical (unpaired) electrons. The Morgan fingerprint density at radius 2 is 1.87 bits per heavy atom. The highest BCUT2D eigenvalue weighted by Gasteiger charge is 2.20. The van der Waals surface area contributed by atoms with Gasteiger partial charge >= 0.3 is 5.97 Å². The van der Waals surface area contributed by atoms with E-state index in [0.29, 0.717) is 18.8 Å². The summed E-state index contributed by atoms with van der Waals surface area (Å²) in [5.41, 5.74) is 5.25. The van der Waals surface area contributed by atoms with E-state index in [4.69, 9.17) is 10.5 Å². The highest BCUT2D eigenvalue weighted by molar-refractivity contribution is 8.76. The second kappa shape index (κ2) is 12.2. The van der Waals surface area contributed by atoms with Crippen molar-refractivity contribution >= 4 is 45.2 Å². The van der Waals surface area contributed by atoms with Crippen LogP contribution >= 0.6 is 21.6 Å². The molecule has 0 saturated heterocycles. The van der Waals surface area contributed by atoms with Crippen molar-refractivity contribution < 1.29 is 23.9 Å². The van der Waals surface area contributed by atoms with E-state index >= 15 is 0 Å². The number of nitrogens with one attached hydrogen (secondary N) is 1. The summed E-state index contributed by atoms with van der Waals surface area (Å²) in [6.45, 7) is 5.18. The molecule has 0 aliphatic rings. The first-order valence-corrected chi connectivity index (χ1v) is 9.75. The van der Waals surface area contributed by atoms with Crippen LogP contribution in [0.25, 0.3) is 0 Å². The number of primary amides is 1. The van der Waals surface area contributed by atoms with Gasteiger partial charge in [-0.2, -0.15) is 0 Å². The summed E-state index contributed by atoms with van der Waals surface area (Å²) in [5.74, 6) is -1.05. The summed E-state index contributed by atoms with van der Waals surface area (Å²) in [4.78, 5) is 45.5. The predicted molar refractivity (Wildman–Crippen MR) is 91.8 cm³/mol. The number of amides is 2. The second-order valence-electron chi connectivity index (χ2n) is 4.96. The first-order chi connectivity index (χ1) is 10.8. The van der Waals surface area contributed by atoms with Gasteiger partial charge in [-0.15, -0.1) is 0 Å². The molecule has 23 heavy (non-hydrogen) atoms. The lowest BCUT2D eigenvalue weighted by molar-refractivity contribution is -0.147. The molecule has 3 N–H and O–H groups in total. The predicted octanol–water partition coefficient (Wildman–Crippen LogP) is 0.906. The van der Waals surface area contributed by atoms with Crippen molar-refractivity contribution in [3.05, 3.63) is 0 Å². The van der Waals surface area contributed by atoms with Crippen LogP contribution in [0.3, 0.4) is 0 Å². The monoisotopic (exact) mass is 364 g/mol. The van der Waals surface area contributed by atoms with Gasteiger partial charge in [0.05, 0.1) is 18.3 Å². The maximum atomic E-state index is 11.8. The van der Waals surface area contributed by atoms with Gasteiger partial charge < -0.3 is 15.8 Å². The lowest BCUT2D eigenvalue weighted by Gasteiger charge is -2.15. The summed E-state index contributed by atoms with van der Waals surface area (Å²) in [5, 5.41) is 2.55. The Hall–Kier alpha value is -1.22. The summed E-state index contributed by atoms with van der Waals surface area (Å²) < 4.78 is 4.86. The van der Waals surface area contributed by atoms with Gasteiger partial charge in [-0.3, -0.25) is 19.2 Å². The molecule has 0 aromatic rings. The van der Waals surface area contributed by atoms with Crippen molar-refractivity contribution in [1.29, 1.82) is 0 Å². The third-order valence-electron chi connectivity index (χ3n) is 2.75. The molecular formula is C14H24N2O5S2. The lowest BCUT2D eigenvalue weighted by Crippen LogP contribution is -2.46. The molecule has 0 aromatic heterocycles. The summed E-state index contributed by atoms with van der Waals surface area (Å²) in [6.07, 6.45) is 0.442. The number of esters is 1. The molecule has 0 aliphatic carbocycles. The first-order valence-electron chi connectivity index (χ1n) is 7.27. The molecule has 132 valence electrons. The van der Waals surface area contributed by atoms with E-state index in [1.54, 1.807) is 13.8 Å². The number of hydrogen-bond acceptors (Lipinski definition) is 7. The van der Waals surface area contributed by atoms with E-state index in [1.165, 1.54) is 28.5 Å². The van der Waals surface area contributed by atoms with Crippen LogP contribution in [0, 0.1) is 5.92 Å². The number of nitrogens with two attached hydrogens (primary N) is 1. The zero-order valence-electron chi connectivity index (χ0n) is 13.6. The van der Waals surface area contributed by atoms with Gasteiger partial charge in [-0.1, -0.05) is 28.5 Å². The largest absolute Gasteiger partial charge is 0.466 e. The third kappa shape index (κ3) is 11.0. The zero-order valence-corrected chi connectivity index (χ0v) is 15.3. The minimum absolute atomic E-state index is 0.0371. The van der Waals surface area contributed by atoms with E-state index in [9.17, 15) is 19.2 Å². The van der Waals surface area contributed by atoms with Gasteiger partial charge in [0.1, 0.15) is 11.8 Å². The molecule has 0 spiro atoms. The Morgan fingerprint density at radius 1 is 1.22 bits per heavy atom. The van der Waals surface area contributed by atoms with E-state index < -0.39 is 11.9 Å². The van der Waals surface area contributed by atoms with Gasteiger partial charge in [0.25, 0.3) is 0 Å². The first kappa shape index (κ1) is 21.8. The molecule has 0 fully saturated rings.